The van der Waals surface area contributed by atoms with Crippen LogP contribution in [-0.2, 0) is 4.79 Å². The molecular weight excluding hydrogens is 154 g/mol. The molecule has 0 amide bonds. The highest BCUT2D eigenvalue weighted by atomic mass is 16.4. The number of hydrogen-bond donors (Lipinski definition) is 1. The zero-order valence-electron chi connectivity index (χ0n) is 6.74. The van der Waals surface area contributed by atoms with Crippen molar-refractivity contribution >= 4 is 11.5 Å². The topological polar surface area (TPSA) is 50.2 Å². The quantitative estimate of drug-likeness (QED) is 0.672. The molecule has 62 valence electrons. The van der Waals surface area contributed by atoms with Gasteiger partial charge in [0.2, 0.25) is 0 Å². The Morgan fingerprint density at radius 3 is 2.67 bits per heavy atom. The van der Waals surface area contributed by atoms with E-state index >= 15 is 0 Å². The van der Waals surface area contributed by atoms with Crippen LogP contribution in [0.4, 0.5) is 0 Å². The molecule has 0 aliphatic carbocycles. The average molecular weight is 163 g/mol. The molecule has 0 aromatic carbocycles. The van der Waals surface area contributed by atoms with E-state index in [4.69, 9.17) is 5.11 Å². The maximum absolute atomic E-state index is 10.5. The minimum absolute atomic E-state index is 0.0718. The van der Waals surface area contributed by atoms with Gasteiger partial charge in [0.05, 0.1) is 5.57 Å². The van der Waals surface area contributed by atoms with E-state index in [-0.39, 0.29) is 5.57 Å². The zero-order chi connectivity index (χ0) is 9.14. The number of carbonyl (C=O) groups is 1. The molecule has 3 heteroatoms. The van der Waals surface area contributed by atoms with Crippen molar-refractivity contribution in [2.45, 2.75) is 6.92 Å². The number of carboxylic acid groups (broad SMARTS) is 1. The summed E-state index contributed by atoms with van der Waals surface area (Å²) in [6, 6.07) is 3.45. The molecule has 1 rings (SSSR count). The van der Waals surface area contributed by atoms with Crippen molar-refractivity contribution in [1.29, 1.82) is 0 Å². The molecule has 0 radical (unpaired) electrons. The molecule has 1 aromatic heterocycles. The molecule has 0 spiro atoms. The zero-order valence-corrected chi connectivity index (χ0v) is 6.74. The predicted octanol–water partition coefficient (Wildman–Crippen LogP) is 1.49. The Labute approximate surface area is 70.4 Å². The summed E-state index contributed by atoms with van der Waals surface area (Å²) in [6.07, 6.45) is 1.51. The van der Waals surface area contributed by atoms with Crippen molar-refractivity contribution < 1.29 is 9.90 Å². The lowest BCUT2D eigenvalue weighted by atomic mass is 10.1. The summed E-state index contributed by atoms with van der Waals surface area (Å²) < 4.78 is 0. The van der Waals surface area contributed by atoms with Crippen LogP contribution in [0.3, 0.4) is 0 Å². The van der Waals surface area contributed by atoms with Crippen molar-refractivity contribution in [3.05, 3.63) is 36.2 Å². The summed E-state index contributed by atoms with van der Waals surface area (Å²) in [5.74, 6) is -1.01. The largest absolute Gasteiger partial charge is 0.478 e. The Hall–Kier alpha value is -1.64. The third kappa shape index (κ3) is 1.69. The summed E-state index contributed by atoms with van der Waals surface area (Å²) in [5.41, 5.74) is 1.48. The minimum atomic E-state index is -1.01. The lowest BCUT2D eigenvalue weighted by molar-refractivity contribution is -0.130. The summed E-state index contributed by atoms with van der Waals surface area (Å²) >= 11 is 0. The fourth-order valence-corrected chi connectivity index (χ4v) is 0.770. The minimum Gasteiger partial charge on any atom is -0.478 e. The van der Waals surface area contributed by atoms with Gasteiger partial charge in [-0.1, -0.05) is 12.6 Å². The van der Waals surface area contributed by atoms with Crippen LogP contribution >= 0.6 is 0 Å². The Bertz CT molecular complexity index is 314. The standard InChI is InChI=1S/C9H9NO2/c1-6-3-4-8(5-10-6)7(2)9(11)12/h3-5H,2H2,1H3,(H,11,12). The van der Waals surface area contributed by atoms with Crippen LogP contribution in [0.5, 0.6) is 0 Å². The number of rotatable bonds is 2. The van der Waals surface area contributed by atoms with Crippen LogP contribution < -0.4 is 0 Å². The van der Waals surface area contributed by atoms with E-state index in [9.17, 15) is 4.79 Å². The highest BCUT2D eigenvalue weighted by Crippen LogP contribution is 2.10. The van der Waals surface area contributed by atoms with Gasteiger partial charge in [-0.05, 0) is 13.0 Å². The van der Waals surface area contributed by atoms with Crippen LogP contribution in [0.1, 0.15) is 11.3 Å². The normalized spacial score (nSPS) is 9.42. The average Bonchev–Trinajstić information content (AvgIpc) is 2.04. The van der Waals surface area contributed by atoms with Crippen LogP contribution in [0.15, 0.2) is 24.9 Å². The first-order valence-electron chi connectivity index (χ1n) is 3.46. The number of aliphatic carboxylic acids is 1. The van der Waals surface area contributed by atoms with Gasteiger partial charge in [0, 0.05) is 17.5 Å². The summed E-state index contributed by atoms with van der Waals surface area (Å²) in [4.78, 5) is 14.4. The third-order valence-electron chi connectivity index (χ3n) is 1.52. The molecule has 0 saturated carbocycles. The molecule has 12 heavy (non-hydrogen) atoms. The second-order valence-corrected chi connectivity index (χ2v) is 2.47. The second kappa shape index (κ2) is 3.17. The summed E-state index contributed by atoms with van der Waals surface area (Å²) in [7, 11) is 0. The summed E-state index contributed by atoms with van der Waals surface area (Å²) in [6.45, 7) is 5.26. The molecule has 1 heterocycles. The monoisotopic (exact) mass is 163 g/mol. The number of nitrogens with zero attached hydrogens (tertiary/aromatic N) is 1. The Morgan fingerprint density at radius 1 is 1.58 bits per heavy atom. The molecule has 0 fully saturated rings. The predicted molar refractivity (Wildman–Crippen MR) is 45.6 cm³/mol. The Balaban J connectivity index is 2.98. The van der Waals surface area contributed by atoms with Crippen molar-refractivity contribution in [2.75, 3.05) is 0 Å². The molecular formula is C9H9NO2. The molecule has 3 nitrogen and oxygen atoms in total. The SMILES string of the molecule is C=C(C(=O)O)c1ccc(C)nc1. The van der Waals surface area contributed by atoms with E-state index in [1.807, 2.05) is 6.92 Å². The van der Waals surface area contributed by atoms with Gasteiger partial charge in [-0.2, -0.15) is 0 Å². The molecule has 0 atom stereocenters. The maximum atomic E-state index is 10.5. The van der Waals surface area contributed by atoms with E-state index in [1.54, 1.807) is 12.1 Å². The number of pyridine rings is 1. The third-order valence-corrected chi connectivity index (χ3v) is 1.52. The van der Waals surface area contributed by atoms with Crippen LogP contribution in [0.25, 0.3) is 5.57 Å². The second-order valence-electron chi connectivity index (χ2n) is 2.47. The molecule has 1 aromatic rings. The van der Waals surface area contributed by atoms with Crippen LogP contribution in [0.2, 0.25) is 0 Å². The maximum Gasteiger partial charge on any atom is 0.335 e. The van der Waals surface area contributed by atoms with Crippen molar-refractivity contribution in [3.63, 3.8) is 0 Å². The summed E-state index contributed by atoms with van der Waals surface area (Å²) in [5, 5.41) is 8.58. The first kappa shape index (κ1) is 8.46. The Kier molecular flexibility index (Phi) is 2.24. The highest BCUT2D eigenvalue weighted by Gasteiger charge is 2.05. The van der Waals surface area contributed by atoms with Crippen LogP contribution in [0, 0.1) is 6.92 Å². The fraction of sp³-hybridized carbons (Fsp3) is 0.111. The first-order chi connectivity index (χ1) is 5.61. The van der Waals surface area contributed by atoms with Gasteiger partial charge in [0.1, 0.15) is 0 Å². The molecule has 0 aliphatic heterocycles. The molecule has 1 N–H and O–H groups in total. The van der Waals surface area contributed by atoms with E-state index < -0.39 is 5.97 Å². The lowest BCUT2D eigenvalue weighted by Crippen LogP contribution is -1.98. The highest BCUT2D eigenvalue weighted by molar-refractivity contribution is 6.14. The fourth-order valence-electron chi connectivity index (χ4n) is 0.770. The molecule has 0 bridgehead atoms. The Morgan fingerprint density at radius 2 is 2.25 bits per heavy atom. The molecule has 0 unspecified atom stereocenters. The van der Waals surface area contributed by atoms with Gasteiger partial charge in [-0.15, -0.1) is 0 Å². The van der Waals surface area contributed by atoms with Gasteiger partial charge in [0.25, 0.3) is 0 Å². The van der Waals surface area contributed by atoms with E-state index in [1.165, 1.54) is 6.20 Å². The molecule has 0 aliphatic rings. The van der Waals surface area contributed by atoms with Gasteiger partial charge in [-0.25, -0.2) is 4.79 Å². The first-order valence-corrected chi connectivity index (χ1v) is 3.46. The smallest absolute Gasteiger partial charge is 0.335 e. The number of hydrogen-bond acceptors (Lipinski definition) is 2. The van der Waals surface area contributed by atoms with E-state index in [2.05, 4.69) is 11.6 Å². The van der Waals surface area contributed by atoms with Crippen molar-refractivity contribution in [3.8, 4) is 0 Å². The van der Waals surface area contributed by atoms with Gasteiger partial charge >= 0.3 is 5.97 Å². The van der Waals surface area contributed by atoms with E-state index in [0.717, 1.165) is 5.69 Å². The molecule has 0 saturated heterocycles. The van der Waals surface area contributed by atoms with Crippen LogP contribution in [-0.4, -0.2) is 16.1 Å². The number of carboxylic acids is 1. The van der Waals surface area contributed by atoms with Gasteiger partial charge < -0.3 is 5.11 Å². The van der Waals surface area contributed by atoms with E-state index in [0.29, 0.717) is 5.56 Å². The lowest BCUT2D eigenvalue weighted by Gasteiger charge is -1.98. The number of aromatic nitrogens is 1. The number of aryl methyl sites for hydroxylation is 1. The van der Waals surface area contributed by atoms with Gasteiger partial charge in [0.15, 0.2) is 0 Å². The van der Waals surface area contributed by atoms with Crippen molar-refractivity contribution in [2.24, 2.45) is 0 Å². The van der Waals surface area contributed by atoms with Gasteiger partial charge in [-0.3, -0.25) is 4.98 Å². The van der Waals surface area contributed by atoms with Crippen molar-refractivity contribution in [1.82, 2.24) is 4.98 Å².